The highest BCUT2D eigenvalue weighted by atomic mass is 19.1. The van der Waals surface area contributed by atoms with Gasteiger partial charge < -0.3 is 9.47 Å². The van der Waals surface area contributed by atoms with Crippen molar-refractivity contribution < 1.29 is 23.0 Å². The number of rotatable bonds is 4. The van der Waals surface area contributed by atoms with Crippen LogP contribution in [0.5, 0.6) is 11.5 Å². The van der Waals surface area contributed by atoms with Crippen molar-refractivity contribution in [2.75, 3.05) is 14.2 Å². The summed E-state index contributed by atoms with van der Waals surface area (Å²) < 4.78 is 37.6. The van der Waals surface area contributed by atoms with Gasteiger partial charge in [0.1, 0.15) is 23.1 Å². The van der Waals surface area contributed by atoms with E-state index in [4.69, 9.17) is 9.47 Å². The van der Waals surface area contributed by atoms with Crippen molar-refractivity contribution in [3.05, 3.63) is 58.7 Å². The van der Waals surface area contributed by atoms with Crippen LogP contribution in [0.4, 0.5) is 8.78 Å². The second-order valence-electron chi connectivity index (χ2n) is 4.48. The number of ether oxygens (including phenoxy) is 2. The highest BCUT2D eigenvalue weighted by Gasteiger charge is 2.20. The fraction of sp³-hybridized carbons (Fsp3) is 0.188. The molecule has 2 aromatic carbocycles. The van der Waals surface area contributed by atoms with Gasteiger partial charge in [-0.2, -0.15) is 0 Å². The minimum atomic E-state index is -0.774. The van der Waals surface area contributed by atoms with E-state index in [0.29, 0.717) is 5.75 Å². The molecule has 0 aliphatic heterocycles. The first-order chi connectivity index (χ1) is 9.97. The van der Waals surface area contributed by atoms with Crippen LogP contribution in [0.2, 0.25) is 0 Å². The molecule has 2 aromatic rings. The molecular weight excluding hydrogens is 278 g/mol. The fourth-order valence-corrected chi connectivity index (χ4v) is 1.96. The van der Waals surface area contributed by atoms with Gasteiger partial charge in [0, 0.05) is 0 Å². The van der Waals surface area contributed by atoms with Crippen LogP contribution in [0.1, 0.15) is 21.5 Å². The Morgan fingerprint density at radius 2 is 1.67 bits per heavy atom. The molecule has 0 saturated heterocycles. The van der Waals surface area contributed by atoms with Crippen molar-refractivity contribution in [3.63, 3.8) is 0 Å². The maximum absolute atomic E-state index is 13.9. The summed E-state index contributed by atoms with van der Waals surface area (Å²) in [6, 6.07) is 6.47. The molecule has 3 nitrogen and oxygen atoms in total. The largest absolute Gasteiger partial charge is 0.497 e. The molecule has 0 aliphatic rings. The van der Waals surface area contributed by atoms with Crippen LogP contribution in [0.25, 0.3) is 0 Å². The van der Waals surface area contributed by atoms with Crippen molar-refractivity contribution in [3.8, 4) is 11.5 Å². The number of hydrogen-bond donors (Lipinski definition) is 0. The third-order valence-corrected chi connectivity index (χ3v) is 3.14. The highest BCUT2D eigenvalue weighted by Crippen LogP contribution is 2.27. The van der Waals surface area contributed by atoms with E-state index in [-0.39, 0.29) is 22.4 Å². The molecule has 0 fully saturated rings. The van der Waals surface area contributed by atoms with Gasteiger partial charge in [-0.1, -0.05) is 0 Å². The molecule has 0 radical (unpaired) electrons. The van der Waals surface area contributed by atoms with E-state index in [1.54, 1.807) is 6.07 Å². The van der Waals surface area contributed by atoms with Crippen LogP contribution in [0, 0.1) is 18.6 Å². The maximum atomic E-state index is 13.9. The fourth-order valence-electron chi connectivity index (χ4n) is 1.96. The Hall–Kier alpha value is -2.43. The van der Waals surface area contributed by atoms with E-state index in [1.807, 2.05) is 0 Å². The Morgan fingerprint density at radius 1 is 0.952 bits per heavy atom. The summed E-state index contributed by atoms with van der Waals surface area (Å²) in [6.07, 6.45) is 0. The lowest BCUT2D eigenvalue weighted by Gasteiger charge is -2.10. The van der Waals surface area contributed by atoms with E-state index < -0.39 is 17.4 Å². The van der Waals surface area contributed by atoms with Crippen molar-refractivity contribution >= 4 is 5.78 Å². The van der Waals surface area contributed by atoms with Crippen LogP contribution in [-0.2, 0) is 0 Å². The van der Waals surface area contributed by atoms with Crippen LogP contribution in [-0.4, -0.2) is 20.0 Å². The van der Waals surface area contributed by atoms with E-state index in [1.165, 1.54) is 33.3 Å². The van der Waals surface area contributed by atoms with E-state index in [9.17, 15) is 13.6 Å². The molecule has 0 N–H and O–H groups in total. The minimum Gasteiger partial charge on any atom is -0.497 e. The summed E-state index contributed by atoms with van der Waals surface area (Å²) in [5, 5.41) is 0. The average Bonchev–Trinajstić information content (AvgIpc) is 2.49. The van der Waals surface area contributed by atoms with Gasteiger partial charge in [0.15, 0.2) is 5.78 Å². The molecule has 0 heterocycles. The number of carbonyl (C=O) groups excluding carboxylic acids is 1. The number of methoxy groups -OCH3 is 2. The standard InChI is InChI=1S/C16H14F2O3/c1-9-6-14(18)11(8-13(9)17)16(19)12-7-10(20-2)4-5-15(12)21-3/h4-8H,1-3H3. The quantitative estimate of drug-likeness (QED) is 0.809. The number of benzene rings is 2. The van der Waals surface area contributed by atoms with Gasteiger partial charge >= 0.3 is 0 Å². The highest BCUT2D eigenvalue weighted by molar-refractivity contribution is 6.11. The van der Waals surface area contributed by atoms with Crippen molar-refractivity contribution in [2.45, 2.75) is 6.92 Å². The van der Waals surface area contributed by atoms with Crippen LogP contribution >= 0.6 is 0 Å². The van der Waals surface area contributed by atoms with Crippen molar-refractivity contribution in [1.29, 1.82) is 0 Å². The molecule has 0 atom stereocenters. The Labute approximate surface area is 121 Å². The van der Waals surface area contributed by atoms with Gasteiger partial charge in [0.05, 0.1) is 25.3 Å². The minimum absolute atomic E-state index is 0.110. The van der Waals surface area contributed by atoms with E-state index in [2.05, 4.69) is 0 Å². The first kappa shape index (κ1) is 15.0. The zero-order chi connectivity index (χ0) is 15.6. The zero-order valence-corrected chi connectivity index (χ0v) is 11.9. The third-order valence-electron chi connectivity index (χ3n) is 3.14. The molecule has 5 heteroatoms. The number of hydrogen-bond acceptors (Lipinski definition) is 3. The molecule has 2 rings (SSSR count). The van der Waals surface area contributed by atoms with Crippen molar-refractivity contribution in [2.24, 2.45) is 0 Å². The molecule has 0 saturated carbocycles. The van der Waals surface area contributed by atoms with E-state index in [0.717, 1.165) is 12.1 Å². The number of ketones is 1. The van der Waals surface area contributed by atoms with Crippen LogP contribution < -0.4 is 9.47 Å². The summed E-state index contributed by atoms with van der Waals surface area (Å²) in [4.78, 5) is 12.4. The molecule has 0 spiro atoms. The summed E-state index contributed by atoms with van der Waals surface area (Å²) >= 11 is 0. The van der Waals surface area contributed by atoms with E-state index >= 15 is 0 Å². The molecular formula is C16H14F2O3. The molecule has 0 bridgehead atoms. The Kier molecular flexibility index (Phi) is 4.21. The Balaban J connectivity index is 2.56. The van der Waals surface area contributed by atoms with Gasteiger partial charge in [0.25, 0.3) is 0 Å². The molecule has 0 aliphatic carbocycles. The summed E-state index contributed by atoms with van der Waals surface area (Å²) in [5.41, 5.74) is -0.0923. The topological polar surface area (TPSA) is 35.5 Å². The second kappa shape index (κ2) is 5.91. The average molecular weight is 292 g/mol. The smallest absolute Gasteiger partial charge is 0.199 e. The molecule has 0 aromatic heterocycles. The Morgan fingerprint density at radius 3 is 2.29 bits per heavy atom. The molecule has 0 unspecified atom stereocenters. The number of carbonyl (C=O) groups is 1. The lowest BCUT2D eigenvalue weighted by Crippen LogP contribution is -2.08. The summed E-state index contributed by atoms with van der Waals surface area (Å²) in [7, 11) is 2.84. The monoisotopic (exact) mass is 292 g/mol. The number of halogens is 2. The van der Waals surface area contributed by atoms with Gasteiger partial charge in [-0.25, -0.2) is 8.78 Å². The molecule has 110 valence electrons. The normalized spacial score (nSPS) is 10.3. The first-order valence-electron chi connectivity index (χ1n) is 6.20. The first-order valence-corrected chi connectivity index (χ1v) is 6.20. The number of aryl methyl sites for hydroxylation is 1. The molecule has 21 heavy (non-hydrogen) atoms. The second-order valence-corrected chi connectivity index (χ2v) is 4.48. The van der Waals surface area contributed by atoms with Gasteiger partial charge in [0.2, 0.25) is 0 Å². The SMILES string of the molecule is COc1ccc(OC)c(C(=O)c2cc(F)c(C)cc2F)c1. The third kappa shape index (κ3) is 2.86. The zero-order valence-electron chi connectivity index (χ0n) is 11.9. The lowest BCUT2D eigenvalue weighted by molar-refractivity contribution is 0.103. The lowest BCUT2D eigenvalue weighted by atomic mass is 10.00. The summed E-state index contributed by atoms with van der Waals surface area (Å²) in [6.45, 7) is 1.43. The van der Waals surface area contributed by atoms with Gasteiger partial charge in [-0.3, -0.25) is 4.79 Å². The van der Waals surface area contributed by atoms with Gasteiger partial charge in [-0.15, -0.1) is 0 Å². The molecule has 0 amide bonds. The Bertz CT molecular complexity index is 696. The van der Waals surface area contributed by atoms with Gasteiger partial charge in [-0.05, 0) is 42.8 Å². The van der Waals surface area contributed by atoms with Crippen molar-refractivity contribution in [1.82, 2.24) is 0 Å². The van der Waals surface area contributed by atoms with Crippen LogP contribution in [0.15, 0.2) is 30.3 Å². The predicted molar refractivity (Wildman–Crippen MR) is 74.1 cm³/mol. The maximum Gasteiger partial charge on any atom is 0.199 e. The summed E-state index contributed by atoms with van der Waals surface area (Å²) in [5.74, 6) is -1.39. The van der Waals surface area contributed by atoms with Crippen LogP contribution in [0.3, 0.4) is 0 Å². The predicted octanol–water partition coefficient (Wildman–Crippen LogP) is 3.52.